The molecule has 5 nitrogen and oxygen atoms in total. The molecule has 0 saturated heterocycles. The maximum atomic E-state index is 10.1. The van der Waals surface area contributed by atoms with Crippen LogP contribution in [0, 0.1) is 0 Å². The van der Waals surface area contributed by atoms with Crippen LogP contribution in [0.3, 0.4) is 0 Å². The molecule has 7 heteroatoms. The van der Waals surface area contributed by atoms with E-state index in [4.69, 9.17) is 16.7 Å². The number of hydrazine groups is 1. The van der Waals surface area contributed by atoms with Crippen molar-refractivity contribution >= 4 is 39.3 Å². The van der Waals surface area contributed by atoms with E-state index in [0.717, 1.165) is 0 Å². The molecule has 0 radical (unpaired) electrons. The highest BCUT2D eigenvalue weighted by Crippen LogP contribution is 2.21. The largest absolute Gasteiger partial charge is 0.464 e. The molecule has 1 heterocycles. The van der Waals surface area contributed by atoms with Crippen molar-refractivity contribution in [3.63, 3.8) is 0 Å². The topological polar surface area (TPSA) is 74.2 Å². The number of pyridine rings is 1. The fourth-order valence-electron chi connectivity index (χ4n) is 0.631. The summed E-state index contributed by atoms with van der Waals surface area (Å²) in [5.41, 5.74) is 4.72. The lowest BCUT2D eigenvalue weighted by Crippen LogP contribution is -2.27. The standard InChI is InChI=1S/C6H5BrClN3O2/c7-3-1-4(5(8)9-2-3)10-11-6(12)13/h1-2,10-11H,(H,12,13). The second kappa shape index (κ2) is 4.29. The number of nitrogens with one attached hydrogen (secondary N) is 2. The number of amides is 1. The van der Waals surface area contributed by atoms with Crippen LogP contribution in [0.2, 0.25) is 5.15 Å². The minimum atomic E-state index is -1.20. The number of carboxylic acid groups (broad SMARTS) is 1. The summed E-state index contributed by atoms with van der Waals surface area (Å²) in [5, 5.41) is 8.48. The molecule has 0 bridgehead atoms. The Hall–Kier alpha value is -1.01. The Morgan fingerprint density at radius 3 is 3.00 bits per heavy atom. The van der Waals surface area contributed by atoms with E-state index in [2.05, 4.69) is 26.3 Å². The number of carbonyl (C=O) groups is 1. The van der Waals surface area contributed by atoms with Gasteiger partial charge in [-0.05, 0) is 22.0 Å². The zero-order chi connectivity index (χ0) is 9.84. The van der Waals surface area contributed by atoms with Crippen molar-refractivity contribution in [3.05, 3.63) is 21.9 Å². The van der Waals surface area contributed by atoms with E-state index in [1.807, 2.05) is 5.43 Å². The van der Waals surface area contributed by atoms with Gasteiger partial charge in [0, 0.05) is 10.7 Å². The lowest BCUT2D eigenvalue weighted by Gasteiger charge is -2.06. The number of rotatable bonds is 2. The fourth-order valence-corrected chi connectivity index (χ4v) is 1.11. The lowest BCUT2D eigenvalue weighted by atomic mass is 10.4. The molecule has 0 aliphatic heterocycles. The van der Waals surface area contributed by atoms with Gasteiger partial charge >= 0.3 is 6.09 Å². The second-order valence-corrected chi connectivity index (χ2v) is 3.32. The Morgan fingerprint density at radius 2 is 2.38 bits per heavy atom. The highest BCUT2D eigenvalue weighted by atomic mass is 79.9. The van der Waals surface area contributed by atoms with Crippen LogP contribution < -0.4 is 10.9 Å². The Bertz CT molecular complexity index is 334. The van der Waals surface area contributed by atoms with Crippen molar-refractivity contribution in [1.29, 1.82) is 0 Å². The molecule has 0 atom stereocenters. The molecule has 1 amide bonds. The van der Waals surface area contributed by atoms with Crippen LogP contribution in [0.25, 0.3) is 0 Å². The molecule has 0 aliphatic carbocycles. The van der Waals surface area contributed by atoms with Gasteiger partial charge in [0.15, 0.2) is 5.15 Å². The molecule has 0 saturated carbocycles. The van der Waals surface area contributed by atoms with Gasteiger partial charge < -0.3 is 5.11 Å². The van der Waals surface area contributed by atoms with E-state index >= 15 is 0 Å². The number of aromatic nitrogens is 1. The summed E-state index contributed by atoms with van der Waals surface area (Å²) in [6.07, 6.45) is 0.310. The summed E-state index contributed by atoms with van der Waals surface area (Å²) in [6.45, 7) is 0. The number of halogens is 2. The average molecular weight is 266 g/mol. The van der Waals surface area contributed by atoms with Crippen LogP contribution in [0.4, 0.5) is 10.5 Å². The van der Waals surface area contributed by atoms with Gasteiger partial charge in [0.1, 0.15) is 0 Å². The highest BCUT2D eigenvalue weighted by Gasteiger charge is 2.02. The molecular weight excluding hydrogens is 261 g/mol. The van der Waals surface area contributed by atoms with Crippen molar-refractivity contribution < 1.29 is 9.90 Å². The number of hydrogen-bond acceptors (Lipinski definition) is 3. The third-order valence-corrected chi connectivity index (χ3v) is 1.84. The molecule has 0 aromatic carbocycles. The van der Waals surface area contributed by atoms with E-state index in [-0.39, 0.29) is 5.15 Å². The normalized spacial score (nSPS) is 9.38. The molecule has 1 aromatic rings. The zero-order valence-corrected chi connectivity index (χ0v) is 8.56. The molecule has 70 valence electrons. The monoisotopic (exact) mass is 265 g/mol. The van der Waals surface area contributed by atoms with Crippen LogP contribution >= 0.6 is 27.5 Å². The minimum absolute atomic E-state index is 0.192. The molecule has 0 aliphatic rings. The van der Waals surface area contributed by atoms with Crippen LogP contribution in [0.1, 0.15) is 0 Å². The molecule has 0 unspecified atom stereocenters. The predicted molar refractivity (Wildman–Crippen MR) is 51.7 cm³/mol. The second-order valence-electron chi connectivity index (χ2n) is 2.05. The zero-order valence-electron chi connectivity index (χ0n) is 6.21. The Kier molecular flexibility index (Phi) is 3.32. The molecule has 0 spiro atoms. The molecule has 13 heavy (non-hydrogen) atoms. The van der Waals surface area contributed by atoms with E-state index in [9.17, 15) is 4.79 Å². The number of hydrogen-bond donors (Lipinski definition) is 3. The smallest absolute Gasteiger partial charge is 0.423 e. The van der Waals surface area contributed by atoms with E-state index in [1.165, 1.54) is 6.20 Å². The van der Waals surface area contributed by atoms with Gasteiger partial charge in [-0.3, -0.25) is 5.43 Å². The van der Waals surface area contributed by atoms with Crippen LogP contribution in [-0.4, -0.2) is 16.2 Å². The molecule has 1 aromatic heterocycles. The van der Waals surface area contributed by atoms with E-state index in [1.54, 1.807) is 6.07 Å². The predicted octanol–water partition coefficient (Wildman–Crippen LogP) is 2.09. The van der Waals surface area contributed by atoms with E-state index in [0.29, 0.717) is 10.2 Å². The van der Waals surface area contributed by atoms with Gasteiger partial charge in [-0.15, -0.1) is 0 Å². The van der Waals surface area contributed by atoms with Crippen molar-refractivity contribution in [3.8, 4) is 0 Å². The first-order valence-electron chi connectivity index (χ1n) is 3.15. The third kappa shape index (κ3) is 3.08. The maximum absolute atomic E-state index is 10.1. The molecule has 1 rings (SSSR count). The Balaban J connectivity index is 2.75. The summed E-state index contributed by atoms with van der Waals surface area (Å²) in [6, 6.07) is 1.60. The van der Waals surface area contributed by atoms with Gasteiger partial charge in [0.2, 0.25) is 0 Å². The van der Waals surface area contributed by atoms with Crippen LogP contribution in [0.5, 0.6) is 0 Å². The average Bonchev–Trinajstić information content (AvgIpc) is 2.06. The summed E-state index contributed by atoms with van der Waals surface area (Å²) in [5.74, 6) is 0. The van der Waals surface area contributed by atoms with Gasteiger partial charge in [-0.1, -0.05) is 11.6 Å². The van der Waals surface area contributed by atoms with Crippen molar-refractivity contribution in [2.75, 3.05) is 5.43 Å². The molecule has 3 N–H and O–H groups in total. The first-order valence-corrected chi connectivity index (χ1v) is 4.32. The lowest BCUT2D eigenvalue weighted by molar-refractivity contribution is 0.197. The van der Waals surface area contributed by atoms with Crippen LogP contribution in [-0.2, 0) is 0 Å². The van der Waals surface area contributed by atoms with Crippen molar-refractivity contribution in [1.82, 2.24) is 10.4 Å². The first kappa shape index (κ1) is 10.1. The SMILES string of the molecule is O=C(O)NNc1cc(Br)cnc1Cl. The fraction of sp³-hybridized carbons (Fsp3) is 0. The van der Waals surface area contributed by atoms with Crippen LogP contribution in [0.15, 0.2) is 16.7 Å². The minimum Gasteiger partial charge on any atom is -0.464 e. The highest BCUT2D eigenvalue weighted by molar-refractivity contribution is 9.10. The Morgan fingerprint density at radius 1 is 1.69 bits per heavy atom. The number of anilines is 1. The van der Waals surface area contributed by atoms with E-state index < -0.39 is 6.09 Å². The van der Waals surface area contributed by atoms with Gasteiger partial charge in [0.25, 0.3) is 0 Å². The van der Waals surface area contributed by atoms with Gasteiger partial charge in [-0.2, -0.15) is 0 Å². The van der Waals surface area contributed by atoms with Gasteiger partial charge in [-0.25, -0.2) is 15.2 Å². The maximum Gasteiger partial charge on any atom is 0.423 e. The molecule has 0 fully saturated rings. The summed E-state index contributed by atoms with van der Waals surface area (Å²) in [7, 11) is 0. The quantitative estimate of drug-likeness (QED) is 0.566. The van der Waals surface area contributed by atoms with Crippen molar-refractivity contribution in [2.45, 2.75) is 0 Å². The Labute approximate surface area is 87.2 Å². The van der Waals surface area contributed by atoms with Crippen molar-refractivity contribution in [2.24, 2.45) is 0 Å². The van der Waals surface area contributed by atoms with Gasteiger partial charge in [0.05, 0.1) is 5.69 Å². The third-order valence-electron chi connectivity index (χ3n) is 1.11. The first-order chi connectivity index (χ1) is 6.09. The molecular formula is C6H5BrClN3O2. The summed E-state index contributed by atoms with van der Waals surface area (Å²) >= 11 is 8.82. The summed E-state index contributed by atoms with van der Waals surface area (Å²) in [4.78, 5) is 13.9. The summed E-state index contributed by atoms with van der Waals surface area (Å²) < 4.78 is 0.701. The number of nitrogens with zero attached hydrogens (tertiary/aromatic N) is 1.